The van der Waals surface area contributed by atoms with Crippen molar-refractivity contribution in [3.8, 4) is 5.75 Å². The quantitative estimate of drug-likeness (QED) is 0.930. The monoisotopic (exact) mass is 324 g/mol. The van der Waals surface area contributed by atoms with Gasteiger partial charge in [0.05, 0.1) is 6.54 Å². The fourth-order valence-electron chi connectivity index (χ4n) is 1.60. The molecule has 0 saturated heterocycles. The van der Waals surface area contributed by atoms with Gasteiger partial charge in [0.1, 0.15) is 12.4 Å². The molecular weight excluding hydrogens is 312 g/mol. The van der Waals surface area contributed by atoms with Crippen LogP contribution in [0.15, 0.2) is 44.5 Å². The predicted octanol–water partition coefficient (Wildman–Crippen LogP) is 1.69. The van der Waals surface area contributed by atoms with Crippen molar-refractivity contribution in [2.75, 3.05) is 6.61 Å². The Morgan fingerprint density at radius 2 is 2.16 bits per heavy atom. The Bertz CT molecular complexity index is 691. The van der Waals surface area contributed by atoms with Gasteiger partial charge in [0.2, 0.25) is 0 Å². The summed E-state index contributed by atoms with van der Waals surface area (Å²) in [6, 6.07) is 7.46. The molecule has 0 saturated carbocycles. The molecule has 0 atom stereocenters. The van der Waals surface area contributed by atoms with E-state index < -0.39 is 5.69 Å². The number of nitrogens with one attached hydrogen (secondary N) is 1. The summed E-state index contributed by atoms with van der Waals surface area (Å²) in [4.78, 5) is 25.0. The van der Waals surface area contributed by atoms with Crippen molar-refractivity contribution < 1.29 is 4.74 Å². The van der Waals surface area contributed by atoms with E-state index >= 15 is 0 Å². The maximum atomic E-state index is 11.5. The van der Waals surface area contributed by atoms with Crippen LogP contribution in [-0.2, 0) is 6.54 Å². The summed E-state index contributed by atoms with van der Waals surface area (Å²) in [7, 11) is 0. The molecule has 0 aliphatic carbocycles. The third-order valence-corrected chi connectivity index (χ3v) is 3.08. The molecule has 2 aromatic rings. The number of aryl methyl sites for hydroxylation is 1. The average molecular weight is 325 g/mol. The molecule has 0 fully saturated rings. The highest BCUT2D eigenvalue weighted by Crippen LogP contribution is 2.17. The summed E-state index contributed by atoms with van der Waals surface area (Å²) in [6.45, 7) is 2.38. The van der Waals surface area contributed by atoms with Crippen LogP contribution in [0, 0.1) is 6.92 Å². The predicted molar refractivity (Wildman–Crippen MR) is 75.7 cm³/mol. The Balaban J connectivity index is 2.02. The van der Waals surface area contributed by atoms with E-state index in [1.807, 2.05) is 24.3 Å². The van der Waals surface area contributed by atoms with E-state index in [1.165, 1.54) is 10.8 Å². The van der Waals surface area contributed by atoms with Crippen molar-refractivity contribution in [3.63, 3.8) is 0 Å². The second kappa shape index (κ2) is 5.88. The molecule has 0 spiro atoms. The van der Waals surface area contributed by atoms with Gasteiger partial charge in [-0.15, -0.1) is 0 Å². The Morgan fingerprint density at radius 3 is 2.89 bits per heavy atom. The first-order valence-electron chi connectivity index (χ1n) is 5.75. The topological polar surface area (TPSA) is 64.1 Å². The number of hydrogen-bond donors (Lipinski definition) is 1. The number of benzene rings is 1. The molecule has 2 rings (SSSR count). The first-order chi connectivity index (χ1) is 9.06. The molecule has 0 amide bonds. The van der Waals surface area contributed by atoms with Crippen molar-refractivity contribution in [1.82, 2.24) is 9.55 Å². The number of nitrogens with zero attached hydrogens (tertiary/aromatic N) is 1. The summed E-state index contributed by atoms with van der Waals surface area (Å²) in [5.74, 6) is 0.726. The van der Waals surface area contributed by atoms with Crippen LogP contribution in [0.25, 0.3) is 0 Å². The third kappa shape index (κ3) is 3.57. The number of aromatic nitrogens is 2. The first kappa shape index (κ1) is 13.6. The van der Waals surface area contributed by atoms with Gasteiger partial charge in [-0.3, -0.25) is 14.3 Å². The zero-order valence-electron chi connectivity index (χ0n) is 10.4. The van der Waals surface area contributed by atoms with Gasteiger partial charge in [-0.2, -0.15) is 0 Å². The number of rotatable bonds is 4. The minimum absolute atomic E-state index is 0.349. The van der Waals surface area contributed by atoms with Gasteiger partial charge >= 0.3 is 5.69 Å². The maximum absolute atomic E-state index is 11.5. The molecule has 6 heteroatoms. The van der Waals surface area contributed by atoms with Crippen LogP contribution in [0.4, 0.5) is 0 Å². The molecule has 0 aliphatic rings. The van der Waals surface area contributed by atoms with Gasteiger partial charge in [-0.1, -0.05) is 22.0 Å². The van der Waals surface area contributed by atoms with E-state index in [9.17, 15) is 9.59 Å². The van der Waals surface area contributed by atoms with Crippen molar-refractivity contribution >= 4 is 15.9 Å². The standard InChI is InChI=1S/C13H13BrN2O3/c1-9-8-16(13(18)15-12(9)17)5-6-19-11-4-2-3-10(14)7-11/h2-4,7-8H,5-6H2,1H3,(H,15,17,18). The summed E-state index contributed by atoms with van der Waals surface area (Å²) < 4.78 is 7.89. The minimum atomic E-state index is -0.423. The summed E-state index contributed by atoms with van der Waals surface area (Å²) in [6.07, 6.45) is 1.53. The van der Waals surface area contributed by atoms with Crippen LogP contribution >= 0.6 is 15.9 Å². The van der Waals surface area contributed by atoms with Crippen LogP contribution in [-0.4, -0.2) is 16.2 Å². The minimum Gasteiger partial charge on any atom is -0.492 e. The zero-order chi connectivity index (χ0) is 13.8. The molecule has 0 bridgehead atoms. The number of H-pyrrole nitrogens is 1. The molecular formula is C13H13BrN2O3. The maximum Gasteiger partial charge on any atom is 0.328 e. The van der Waals surface area contributed by atoms with Crippen molar-refractivity contribution in [1.29, 1.82) is 0 Å². The van der Waals surface area contributed by atoms with Gasteiger partial charge in [0.25, 0.3) is 5.56 Å². The van der Waals surface area contributed by atoms with Crippen LogP contribution in [0.5, 0.6) is 5.75 Å². The van der Waals surface area contributed by atoms with E-state index in [-0.39, 0.29) is 5.56 Å². The molecule has 1 aromatic carbocycles. The van der Waals surface area contributed by atoms with Crippen LogP contribution in [0.1, 0.15) is 5.56 Å². The second-order valence-electron chi connectivity index (χ2n) is 4.07. The Hall–Kier alpha value is -1.82. The lowest BCUT2D eigenvalue weighted by atomic mass is 10.3. The molecule has 0 radical (unpaired) electrons. The highest BCUT2D eigenvalue weighted by atomic mass is 79.9. The van der Waals surface area contributed by atoms with Gasteiger partial charge in [-0.05, 0) is 25.1 Å². The van der Waals surface area contributed by atoms with E-state index in [0.29, 0.717) is 18.7 Å². The normalized spacial score (nSPS) is 10.4. The van der Waals surface area contributed by atoms with Crippen molar-refractivity contribution in [3.05, 3.63) is 61.3 Å². The second-order valence-corrected chi connectivity index (χ2v) is 4.99. The van der Waals surface area contributed by atoms with E-state index in [0.717, 1.165) is 10.2 Å². The zero-order valence-corrected chi connectivity index (χ0v) is 11.9. The summed E-state index contributed by atoms with van der Waals surface area (Å²) in [5.41, 5.74) is -0.273. The molecule has 1 heterocycles. The molecule has 0 aliphatic heterocycles. The van der Waals surface area contributed by atoms with Crippen LogP contribution in [0.3, 0.4) is 0 Å². The Morgan fingerprint density at radius 1 is 1.37 bits per heavy atom. The van der Waals surface area contributed by atoms with Crippen molar-refractivity contribution in [2.24, 2.45) is 0 Å². The van der Waals surface area contributed by atoms with E-state index in [1.54, 1.807) is 6.92 Å². The van der Waals surface area contributed by atoms with Crippen LogP contribution < -0.4 is 16.0 Å². The van der Waals surface area contributed by atoms with Gasteiger partial charge in [-0.25, -0.2) is 4.79 Å². The third-order valence-electron chi connectivity index (χ3n) is 2.59. The Kier molecular flexibility index (Phi) is 4.21. The molecule has 0 unspecified atom stereocenters. The largest absolute Gasteiger partial charge is 0.492 e. The number of hydrogen-bond acceptors (Lipinski definition) is 3. The highest BCUT2D eigenvalue weighted by molar-refractivity contribution is 9.10. The van der Waals surface area contributed by atoms with Crippen molar-refractivity contribution in [2.45, 2.75) is 13.5 Å². The molecule has 19 heavy (non-hydrogen) atoms. The van der Waals surface area contributed by atoms with Gasteiger partial charge in [0, 0.05) is 16.2 Å². The summed E-state index contributed by atoms with van der Waals surface area (Å²) in [5, 5.41) is 0. The fraction of sp³-hybridized carbons (Fsp3) is 0.231. The molecule has 5 nitrogen and oxygen atoms in total. The highest BCUT2D eigenvalue weighted by Gasteiger charge is 2.01. The summed E-state index contributed by atoms with van der Waals surface area (Å²) >= 11 is 3.35. The number of halogens is 1. The lowest BCUT2D eigenvalue weighted by molar-refractivity contribution is 0.295. The lowest BCUT2D eigenvalue weighted by Gasteiger charge is -2.08. The van der Waals surface area contributed by atoms with E-state index in [4.69, 9.17) is 4.74 Å². The average Bonchev–Trinajstić information content (AvgIpc) is 2.35. The van der Waals surface area contributed by atoms with Gasteiger partial charge < -0.3 is 4.74 Å². The van der Waals surface area contributed by atoms with E-state index in [2.05, 4.69) is 20.9 Å². The SMILES string of the molecule is Cc1cn(CCOc2cccc(Br)c2)c(=O)[nH]c1=O. The fourth-order valence-corrected chi connectivity index (χ4v) is 1.98. The first-order valence-corrected chi connectivity index (χ1v) is 6.54. The number of ether oxygens (including phenoxy) is 1. The van der Waals surface area contributed by atoms with Gasteiger partial charge in [0.15, 0.2) is 0 Å². The molecule has 1 N–H and O–H groups in total. The van der Waals surface area contributed by atoms with Crippen LogP contribution in [0.2, 0.25) is 0 Å². The smallest absolute Gasteiger partial charge is 0.328 e. The lowest BCUT2D eigenvalue weighted by Crippen LogP contribution is -2.32. The Labute approximate surface area is 118 Å². The molecule has 100 valence electrons. The number of aromatic amines is 1. The molecule has 1 aromatic heterocycles.